The smallest absolute Gasteiger partial charge is 0.227 e. The fourth-order valence-corrected chi connectivity index (χ4v) is 2.73. The number of halogens is 1. The molecule has 2 rings (SSSR count). The van der Waals surface area contributed by atoms with Crippen LogP contribution in [0.2, 0.25) is 0 Å². The first-order chi connectivity index (χ1) is 10.1. The van der Waals surface area contributed by atoms with Crippen molar-refractivity contribution in [1.29, 1.82) is 0 Å². The summed E-state index contributed by atoms with van der Waals surface area (Å²) in [6, 6.07) is 5.83. The van der Waals surface area contributed by atoms with Gasteiger partial charge in [-0.15, -0.1) is 11.6 Å². The second-order valence-corrected chi connectivity index (χ2v) is 6.02. The van der Waals surface area contributed by atoms with E-state index in [0.717, 1.165) is 42.6 Å². The van der Waals surface area contributed by atoms with Crippen molar-refractivity contribution < 1.29 is 9.90 Å². The van der Waals surface area contributed by atoms with Gasteiger partial charge in [-0.05, 0) is 37.5 Å². The number of anilines is 2. The summed E-state index contributed by atoms with van der Waals surface area (Å²) in [4.78, 5) is 12.2. The van der Waals surface area contributed by atoms with Crippen molar-refractivity contribution in [1.82, 2.24) is 0 Å². The van der Waals surface area contributed by atoms with Gasteiger partial charge in [0.25, 0.3) is 0 Å². The van der Waals surface area contributed by atoms with E-state index in [4.69, 9.17) is 11.6 Å². The zero-order valence-corrected chi connectivity index (χ0v) is 13.1. The number of aryl methyl sites for hydroxylation is 1. The molecule has 3 N–H and O–H groups in total. The largest absolute Gasteiger partial charge is 0.390 e. The van der Waals surface area contributed by atoms with E-state index in [9.17, 15) is 9.90 Å². The maximum absolute atomic E-state index is 12.2. The number of carbonyl (C=O) groups is 1. The highest BCUT2D eigenvalue weighted by molar-refractivity contribution is 6.18. The molecule has 0 aromatic heterocycles. The Morgan fingerprint density at radius 2 is 2.10 bits per heavy atom. The van der Waals surface area contributed by atoms with Crippen LogP contribution in [0.5, 0.6) is 0 Å². The average molecular weight is 311 g/mol. The molecule has 116 valence electrons. The van der Waals surface area contributed by atoms with E-state index in [1.165, 1.54) is 0 Å². The summed E-state index contributed by atoms with van der Waals surface area (Å²) in [5, 5.41) is 15.7. The molecule has 1 atom stereocenters. The number of aliphatic hydroxyl groups excluding tert-OH is 1. The lowest BCUT2D eigenvalue weighted by atomic mass is 10.1. The molecule has 0 radical (unpaired) electrons. The first-order valence-electron chi connectivity index (χ1n) is 7.49. The molecule has 1 saturated carbocycles. The van der Waals surface area contributed by atoms with Crippen molar-refractivity contribution in [3.8, 4) is 0 Å². The number of alkyl halides is 1. The van der Waals surface area contributed by atoms with Gasteiger partial charge in [-0.2, -0.15) is 0 Å². The van der Waals surface area contributed by atoms with Crippen LogP contribution in [0.1, 0.15) is 31.2 Å². The Bertz CT molecular complexity index is 487. The van der Waals surface area contributed by atoms with Gasteiger partial charge in [0.2, 0.25) is 5.91 Å². The van der Waals surface area contributed by atoms with Gasteiger partial charge < -0.3 is 15.7 Å². The van der Waals surface area contributed by atoms with Crippen molar-refractivity contribution in [2.24, 2.45) is 5.92 Å². The van der Waals surface area contributed by atoms with Crippen molar-refractivity contribution >= 4 is 28.9 Å². The van der Waals surface area contributed by atoms with E-state index in [1.807, 2.05) is 25.1 Å². The molecular formula is C16H23ClN2O2. The van der Waals surface area contributed by atoms with E-state index in [0.29, 0.717) is 6.54 Å². The molecule has 1 aromatic carbocycles. The van der Waals surface area contributed by atoms with Crippen LogP contribution in [0.3, 0.4) is 0 Å². The molecule has 1 fully saturated rings. The van der Waals surface area contributed by atoms with Gasteiger partial charge in [0.15, 0.2) is 0 Å². The molecule has 0 bridgehead atoms. The molecule has 1 unspecified atom stereocenters. The van der Waals surface area contributed by atoms with Gasteiger partial charge >= 0.3 is 0 Å². The Kier molecular flexibility index (Phi) is 5.88. The van der Waals surface area contributed by atoms with E-state index in [2.05, 4.69) is 10.6 Å². The first kappa shape index (κ1) is 16.1. The highest BCUT2D eigenvalue weighted by atomic mass is 35.5. The maximum atomic E-state index is 12.2. The van der Waals surface area contributed by atoms with Crippen LogP contribution in [-0.4, -0.2) is 29.5 Å². The average Bonchev–Trinajstić information content (AvgIpc) is 3.01. The van der Waals surface area contributed by atoms with Crippen LogP contribution in [0.4, 0.5) is 11.4 Å². The number of benzene rings is 1. The van der Waals surface area contributed by atoms with Crippen molar-refractivity contribution in [2.45, 2.75) is 38.7 Å². The molecule has 0 aliphatic heterocycles. The predicted molar refractivity (Wildman–Crippen MR) is 87.0 cm³/mol. The lowest BCUT2D eigenvalue weighted by molar-refractivity contribution is -0.119. The number of nitrogens with one attached hydrogen (secondary N) is 2. The molecule has 1 aromatic rings. The highest BCUT2D eigenvalue weighted by Crippen LogP contribution is 2.28. The number of carbonyl (C=O) groups excluding carboxylic acids is 1. The van der Waals surface area contributed by atoms with Gasteiger partial charge in [-0.3, -0.25) is 4.79 Å². The standard InChI is InChI=1S/C16H23ClN2O2/c1-11-6-7-14(15(8-11)18-10-13(20)9-17)19-16(21)12-4-2-3-5-12/h6-8,12-13,18,20H,2-5,9-10H2,1H3,(H,19,21). The topological polar surface area (TPSA) is 61.4 Å². The first-order valence-corrected chi connectivity index (χ1v) is 8.03. The van der Waals surface area contributed by atoms with E-state index >= 15 is 0 Å². The summed E-state index contributed by atoms with van der Waals surface area (Å²) < 4.78 is 0. The fourth-order valence-electron chi connectivity index (χ4n) is 2.62. The maximum Gasteiger partial charge on any atom is 0.227 e. The van der Waals surface area contributed by atoms with Crippen LogP contribution in [0.25, 0.3) is 0 Å². The number of aliphatic hydroxyl groups is 1. The Hall–Kier alpha value is -1.26. The van der Waals surface area contributed by atoms with Crippen LogP contribution < -0.4 is 10.6 Å². The molecule has 0 heterocycles. The van der Waals surface area contributed by atoms with Crippen molar-refractivity contribution in [2.75, 3.05) is 23.1 Å². The van der Waals surface area contributed by atoms with Gasteiger partial charge in [-0.25, -0.2) is 0 Å². The lowest BCUT2D eigenvalue weighted by Crippen LogP contribution is -2.23. The van der Waals surface area contributed by atoms with Crippen LogP contribution in [-0.2, 0) is 4.79 Å². The quantitative estimate of drug-likeness (QED) is 0.707. The SMILES string of the molecule is Cc1ccc(NC(=O)C2CCCC2)c(NCC(O)CCl)c1. The summed E-state index contributed by atoms with van der Waals surface area (Å²) in [6.45, 7) is 2.35. The lowest BCUT2D eigenvalue weighted by Gasteiger charge is -2.17. The summed E-state index contributed by atoms with van der Waals surface area (Å²) in [7, 11) is 0. The third-order valence-corrected chi connectivity index (χ3v) is 4.22. The molecular weight excluding hydrogens is 288 g/mol. The summed E-state index contributed by atoms with van der Waals surface area (Å²) in [6.07, 6.45) is 3.63. The zero-order chi connectivity index (χ0) is 15.2. The second kappa shape index (κ2) is 7.66. The molecule has 0 saturated heterocycles. The van der Waals surface area contributed by atoms with Crippen molar-refractivity contribution in [3.05, 3.63) is 23.8 Å². The van der Waals surface area contributed by atoms with Crippen LogP contribution in [0, 0.1) is 12.8 Å². The number of amides is 1. The Labute approximate surface area is 130 Å². The summed E-state index contributed by atoms with van der Waals surface area (Å²) in [5.41, 5.74) is 2.68. The monoisotopic (exact) mass is 310 g/mol. The van der Waals surface area contributed by atoms with Gasteiger partial charge in [-0.1, -0.05) is 18.9 Å². The summed E-state index contributed by atoms with van der Waals surface area (Å²) >= 11 is 5.60. The van der Waals surface area contributed by atoms with Crippen LogP contribution in [0.15, 0.2) is 18.2 Å². The zero-order valence-electron chi connectivity index (χ0n) is 12.4. The van der Waals surface area contributed by atoms with E-state index in [-0.39, 0.29) is 17.7 Å². The van der Waals surface area contributed by atoms with Gasteiger partial charge in [0, 0.05) is 12.5 Å². The van der Waals surface area contributed by atoms with Gasteiger partial charge in [0.05, 0.1) is 23.4 Å². The minimum atomic E-state index is -0.606. The molecule has 21 heavy (non-hydrogen) atoms. The number of hydrogen-bond acceptors (Lipinski definition) is 3. The molecule has 4 nitrogen and oxygen atoms in total. The van der Waals surface area contributed by atoms with E-state index in [1.54, 1.807) is 0 Å². The van der Waals surface area contributed by atoms with Gasteiger partial charge in [0.1, 0.15) is 0 Å². The Balaban J connectivity index is 2.05. The Morgan fingerprint density at radius 3 is 2.76 bits per heavy atom. The minimum absolute atomic E-state index is 0.0947. The second-order valence-electron chi connectivity index (χ2n) is 5.71. The fraction of sp³-hybridized carbons (Fsp3) is 0.562. The molecule has 5 heteroatoms. The predicted octanol–water partition coefficient (Wildman–Crippen LogP) is 3.14. The third kappa shape index (κ3) is 4.61. The third-order valence-electron chi connectivity index (χ3n) is 3.87. The van der Waals surface area contributed by atoms with Crippen LogP contribution >= 0.6 is 11.6 Å². The molecule has 1 aliphatic rings. The summed E-state index contributed by atoms with van der Waals surface area (Å²) in [5.74, 6) is 0.410. The molecule has 0 spiro atoms. The molecule has 1 aliphatic carbocycles. The number of rotatable bonds is 6. The normalized spacial score (nSPS) is 16.7. The van der Waals surface area contributed by atoms with E-state index < -0.39 is 6.10 Å². The minimum Gasteiger partial charge on any atom is -0.390 e. The molecule has 1 amide bonds. The Morgan fingerprint density at radius 1 is 1.38 bits per heavy atom. The van der Waals surface area contributed by atoms with Crippen molar-refractivity contribution in [3.63, 3.8) is 0 Å². The number of hydrogen-bond donors (Lipinski definition) is 3. The highest BCUT2D eigenvalue weighted by Gasteiger charge is 2.23.